The van der Waals surface area contributed by atoms with Crippen LogP contribution in [0.1, 0.15) is 34.1 Å². The van der Waals surface area contributed by atoms with Crippen LogP contribution in [0.15, 0.2) is 60.7 Å². The highest BCUT2D eigenvalue weighted by molar-refractivity contribution is 5.92. The number of carbonyl (C=O) groups is 1. The number of piperazine rings is 1. The molecular weight excluding hydrogens is 495 g/mol. The van der Waals surface area contributed by atoms with E-state index in [-0.39, 0.29) is 5.69 Å². The predicted octanol–water partition coefficient (Wildman–Crippen LogP) is 3.89. The van der Waals surface area contributed by atoms with Gasteiger partial charge in [0.25, 0.3) is 5.91 Å². The molecule has 1 amide bonds. The largest absolute Gasteiger partial charge is 0.494 e. The van der Waals surface area contributed by atoms with Crippen LogP contribution in [-0.4, -0.2) is 66.5 Å². The Morgan fingerprint density at radius 2 is 1.79 bits per heavy atom. The summed E-state index contributed by atoms with van der Waals surface area (Å²) in [6.45, 7) is 4.87. The Balaban J connectivity index is 1.33. The summed E-state index contributed by atoms with van der Waals surface area (Å²) in [7, 11) is 0. The van der Waals surface area contributed by atoms with Crippen molar-refractivity contribution in [3.63, 3.8) is 0 Å². The number of alkyl halides is 3. The number of hydrogen-bond donors (Lipinski definition) is 1. The van der Waals surface area contributed by atoms with Crippen molar-refractivity contribution in [1.29, 1.82) is 0 Å². The third-order valence-electron chi connectivity index (χ3n) is 5.93. The van der Waals surface area contributed by atoms with E-state index in [0.29, 0.717) is 25.5 Å². The first-order valence-electron chi connectivity index (χ1n) is 12.3. The Labute approximate surface area is 219 Å². The van der Waals surface area contributed by atoms with Crippen LogP contribution in [0.3, 0.4) is 0 Å². The third kappa shape index (κ3) is 7.70. The lowest BCUT2D eigenvalue weighted by Gasteiger charge is -2.35. The van der Waals surface area contributed by atoms with E-state index in [1.807, 2.05) is 54.3 Å². The average Bonchev–Trinajstić information content (AvgIpc) is 2.92. The highest BCUT2D eigenvalue weighted by Gasteiger charge is 2.28. The minimum atomic E-state index is -4.48. The first kappa shape index (κ1) is 26.9. The van der Waals surface area contributed by atoms with Gasteiger partial charge in [-0.15, -0.1) is 10.2 Å². The Morgan fingerprint density at radius 1 is 1.00 bits per heavy atom. The van der Waals surface area contributed by atoms with Gasteiger partial charge in [0, 0.05) is 43.9 Å². The van der Waals surface area contributed by atoms with Gasteiger partial charge in [-0.05, 0) is 48.9 Å². The van der Waals surface area contributed by atoms with Crippen LogP contribution >= 0.6 is 0 Å². The molecule has 0 aliphatic carbocycles. The second kappa shape index (κ2) is 12.4. The van der Waals surface area contributed by atoms with E-state index in [4.69, 9.17) is 4.74 Å². The van der Waals surface area contributed by atoms with Crippen LogP contribution < -0.4 is 15.0 Å². The first-order valence-corrected chi connectivity index (χ1v) is 12.3. The van der Waals surface area contributed by atoms with E-state index in [2.05, 4.69) is 33.0 Å². The molecule has 2 heterocycles. The Hall–Kier alpha value is -4.10. The molecule has 1 aliphatic rings. The molecular formula is C28H28F3N5O2. The van der Waals surface area contributed by atoms with Crippen molar-refractivity contribution in [3.05, 3.63) is 83.0 Å². The number of rotatable bonds is 7. The molecule has 198 valence electrons. The van der Waals surface area contributed by atoms with Gasteiger partial charge >= 0.3 is 6.18 Å². The number of nitrogens with one attached hydrogen (secondary N) is 1. The molecule has 0 saturated carbocycles. The van der Waals surface area contributed by atoms with Crippen LogP contribution in [-0.2, 0) is 6.54 Å². The standard InChI is InChI=1S/C28H28F3N5O2/c1-2-38-24-9-5-6-21(18-24)10-11-22-7-3-4-8-23(22)19-35-14-16-36(17-15-35)26-13-12-25(33-34-26)27(37)32-20-28(29,30)31/h3-9,12-13,18H,2,14-17,19-20H2,1H3,(H,32,37). The summed E-state index contributed by atoms with van der Waals surface area (Å²) in [5.41, 5.74) is 2.86. The fraction of sp³-hybridized carbons (Fsp3) is 0.321. The number of carbonyl (C=O) groups excluding carboxylic acids is 1. The normalized spacial score (nSPS) is 13.9. The van der Waals surface area contributed by atoms with Gasteiger partial charge in [-0.2, -0.15) is 13.2 Å². The maximum Gasteiger partial charge on any atom is 0.405 e. The lowest BCUT2D eigenvalue weighted by atomic mass is 10.1. The summed E-state index contributed by atoms with van der Waals surface area (Å²) in [6.07, 6.45) is -4.48. The number of anilines is 1. The molecule has 3 aromatic rings. The van der Waals surface area contributed by atoms with Crippen LogP contribution in [0, 0.1) is 11.8 Å². The molecule has 1 fully saturated rings. The lowest BCUT2D eigenvalue weighted by Crippen LogP contribution is -2.46. The molecule has 1 saturated heterocycles. The summed E-state index contributed by atoms with van der Waals surface area (Å²) >= 11 is 0. The SMILES string of the molecule is CCOc1cccc(C#Cc2ccccc2CN2CCN(c3ccc(C(=O)NCC(F)(F)F)nn3)CC2)c1. The Morgan fingerprint density at radius 3 is 2.50 bits per heavy atom. The number of amides is 1. The van der Waals surface area contributed by atoms with Crippen molar-refractivity contribution in [3.8, 4) is 17.6 Å². The van der Waals surface area contributed by atoms with Gasteiger partial charge in [-0.1, -0.05) is 36.1 Å². The van der Waals surface area contributed by atoms with Crippen molar-refractivity contribution in [2.75, 3.05) is 44.2 Å². The zero-order valence-electron chi connectivity index (χ0n) is 21.0. The van der Waals surface area contributed by atoms with E-state index in [0.717, 1.165) is 42.1 Å². The van der Waals surface area contributed by atoms with Crippen molar-refractivity contribution >= 4 is 11.7 Å². The summed E-state index contributed by atoms with van der Waals surface area (Å²) in [6, 6.07) is 18.8. The fourth-order valence-corrected chi connectivity index (χ4v) is 4.01. The fourth-order valence-electron chi connectivity index (χ4n) is 4.01. The third-order valence-corrected chi connectivity index (χ3v) is 5.93. The average molecular weight is 524 g/mol. The number of benzene rings is 2. The van der Waals surface area contributed by atoms with Gasteiger partial charge in [0.15, 0.2) is 11.5 Å². The molecule has 1 aliphatic heterocycles. The van der Waals surface area contributed by atoms with E-state index in [9.17, 15) is 18.0 Å². The van der Waals surface area contributed by atoms with Crippen LogP contribution in [0.2, 0.25) is 0 Å². The number of nitrogens with zero attached hydrogens (tertiary/aromatic N) is 4. The van der Waals surface area contributed by atoms with Gasteiger partial charge in [0.2, 0.25) is 0 Å². The topological polar surface area (TPSA) is 70.6 Å². The summed E-state index contributed by atoms with van der Waals surface area (Å²) < 4.78 is 42.5. The summed E-state index contributed by atoms with van der Waals surface area (Å²) in [4.78, 5) is 16.2. The zero-order valence-corrected chi connectivity index (χ0v) is 21.0. The second-order valence-electron chi connectivity index (χ2n) is 8.71. The Bertz CT molecular complexity index is 1290. The van der Waals surface area contributed by atoms with Crippen LogP contribution in [0.25, 0.3) is 0 Å². The molecule has 2 aromatic carbocycles. The molecule has 10 heteroatoms. The molecule has 0 bridgehead atoms. The molecule has 1 N–H and O–H groups in total. The van der Waals surface area contributed by atoms with Gasteiger partial charge in [0.05, 0.1) is 6.61 Å². The molecule has 0 spiro atoms. The molecule has 7 nitrogen and oxygen atoms in total. The van der Waals surface area contributed by atoms with Crippen LogP contribution in [0.4, 0.5) is 19.0 Å². The van der Waals surface area contributed by atoms with Crippen molar-refractivity contribution in [2.45, 2.75) is 19.6 Å². The number of ether oxygens (including phenoxy) is 1. The van der Waals surface area contributed by atoms with E-state index >= 15 is 0 Å². The van der Waals surface area contributed by atoms with Gasteiger partial charge in [-0.25, -0.2) is 0 Å². The highest BCUT2D eigenvalue weighted by atomic mass is 19.4. The predicted molar refractivity (Wildman–Crippen MR) is 138 cm³/mol. The molecule has 0 atom stereocenters. The molecule has 0 unspecified atom stereocenters. The molecule has 0 radical (unpaired) electrons. The zero-order chi connectivity index (χ0) is 27.0. The van der Waals surface area contributed by atoms with Crippen molar-refractivity contribution < 1.29 is 22.7 Å². The first-order chi connectivity index (χ1) is 18.3. The maximum absolute atomic E-state index is 12.3. The number of halogens is 3. The molecule has 4 rings (SSSR count). The molecule has 38 heavy (non-hydrogen) atoms. The minimum Gasteiger partial charge on any atom is -0.494 e. The lowest BCUT2D eigenvalue weighted by molar-refractivity contribution is -0.123. The van der Waals surface area contributed by atoms with Gasteiger partial charge < -0.3 is 15.0 Å². The van der Waals surface area contributed by atoms with E-state index in [1.165, 1.54) is 6.07 Å². The summed E-state index contributed by atoms with van der Waals surface area (Å²) in [5, 5.41) is 9.65. The van der Waals surface area contributed by atoms with Gasteiger partial charge in [-0.3, -0.25) is 9.69 Å². The maximum atomic E-state index is 12.3. The summed E-state index contributed by atoms with van der Waals surface area (Å²) in [5.74, 6) is 7.01. The molecule has 1 aromatic heterocycles. The Kier molecular flexibility index (Phi) is 8.81. The quantitative estimate of drug-likeness (QED) is 0.474. The number of hydrogen-bond acceptors (Lipinski definition) is 6. The highest BCUT2D eigenvalue weighted by Crippen LogP contribution is 2.18. The van der Waals surface area contributed by atoms with Crippen molar-refractivity contribution in [2.24, 2.45) is 0 Å². The minimum absolute atomic E-state index is 0.154. The van der Waals surface area contributed by atoms with Gasteiger partial charge in [0.1, 0.15) is 12.3 Å². The second-order valence-corrected chi connectivity index (χ2v) is 8.71. The van der Waals surface area contributed by atoms with Crippen molar-refractivity contribution in [1.82, 2.24) is 20.4 Å². The van der Waals surface area contributed by atoms with Crippen LogP contribution in [0.5, 0.6) is 5.75 Å². The smallest absolute Gasteiger partial charge is 0.405 e. The van der Waals surface area contributed by atoms with E-state index < -0.39 is 18.6 Å². The van der Waals surface area contributed by atoms with E-state index in [1.54, 1.807) is 11.4 Å². The number of aromatic nitrogens is 2. The monoisotopic (exact) mass is 523 g/mol.